The first-order valence-electron chi connectivity index (χ1n) is 19.7. The molecular weight excluding hydrogens is 725 g/mol. The van der Waals surface area contributed by atoms with Crippen molar-refractivity contribution in [3.8, 4) is 33.6 Å². The van der Waals surface area contributed by atoms with Gasteiger partial charge in [-0.1, -0.05) is 109 Å². The summed E-state index contributed by atoms with van der Waals surface area (Å²) in [4.78, 5) is 0. The normalized spacial score (nSPS) is 12.1. The van der Waals surface area contributed by atoms with Crippen LogP contribution in [0.2, 0.25) is 0 Å². The molecule has 4 heterocycles. The molecule has 0 aliphatic heterocycles. The lowest BCUT2D eigenvalue weighted by atomic mass is 10.0. The summed E-state index contributed by atoms with van der Waals surface area (Å²) in [5, 5.41) is 9.79. The maximum absolute atomic E-state index is 6.63. The molecule has 9 aromatic carbocycles. The highest BCUT2D eigenvalue weighted by molar-refractivity contribution is 7.25. The molecule has 13 aromatic rings. The Balaban J connectivity index is 0.929. The van der Waals surface area contributed by atoms with Crippen molar-refractivity contribution in [1.82, 2.24) is 9.13 Å². The van der Waals surface area contributed by atoms with E-state index < -0.39 is 0 Å². The maximum atomic E-state index is 6.63. The molecule has 0 radical (unpaired) electrons. The first-order valence-corrected chi connectivity index (χ1v) is 20.6. The third kappa shape index (κ3) is 4.61. The minimum atomic E-state index is 0.900. The van der Waals surface area contributed by atoms with Crippen LogP contribution < -0.4 is 0 Å². The summed E-state index contributed by atoms with van der Waals surface area (Å²) in [6, 6.07) is 70.7. The van der Waals surface area contributed by atoms with Crippen molar-refractivity contribution >= 4 is 97.1 Å². The van der Waals surface area contributed by atoms with E-state index in [1.54, 1.807) is 0 Å². The first-order chi connectivity index (χ1) is 28.7. The number of fused-ring (bicyclic) bond motifs is 12. The molecule has 0 N–H and O–H groups in total. The van der Waals surface area contributed by atoms with Gasteiger partial charge in [-0.15, -0.1) is 11.3 Å². The van der Waals surface area contributed by atoms with Crippen LogP contribution >= 0.6 is 11.3 Å². The zero-order valence-electron chi connectivity index (χ0n) is 31.2. The van der Waals surface area contributed by atoms with Gasteiger partial charge in [0.15, 0.2) is 0 Å². The number of benzene rings is 9. The predicted molar refractivity (Wildman–Crippen MR) is 246 cm³/mol. The molecule has 0 aliphatic carbocycles. The van der Waals surface area contributed by atoms with Gasteiger partial charge in [0.25, 0.3) is 0 Å². The molecule has 0 bridgehead atoms. The van der Waals surface area contributed by atoms with Crippen LogP contribution in [0.5, 0.6) is 0 Å². The van der Waals surface area contributed by atoms with Crippen molar-refractivity contribution in [2.45, 2.75) is 0 Å². The number of hydrogen-bond donors (Lipinski definition) is 0. The minimum absolute atomic E-state index is 0.900. The standard InChI is InChI=1S/C54H32N2OS/c1-2-10-33(11-3-1)34-18-22-37(23-19-34)55-47-15-7-4-12-39(47)43-28-35(20-26-49(43)55)36-21-27-50-44(29-36)40-13-5-8-16-48(40)56(50)38-24-25-41-45-32-54-46(31-52(45)57-51(41)30-38)42-14-6-9-17-53(42)58-54/h1-32H. The molecule has 0 saturated carbocycles. The van der Waals surface area contributed by atoms with Gasteiger partial charge in [0, 0.05) is 69.9 Å². The zero-order chi connectivity index (χ0) is 37.9. The van der Waals surface area contributed by atoms with Gasteiger partial charge in [-0.3, -0.25) is 0 Å². The largest absolute Gasteiger partial charge is 0.456 e. The highest BCUT2D eigenvalue weighted by atomic mass is 32.1. The smallest absolute Gasteiger partial charge is 0.137 e. The summed E-state index contributed by atoms with van der Waals surface area (Å²) in [5.74, 6) is 0. The van der Waals surface area contributed by atoms with Crippen LogP contribution in [-0.2, 0) is 0 Å². The lowest BCUT2D eigenvalue weighted by Crippen LogP contribution is -1.94. The van der Waals surface area contributed by atoms with Crippen molar-refractivity contribution in [2.75, 3.05) is 0 Å². The lowest BCUT2D eigenvalue weighted by molar-refractivity contribution is 0.669. The summed E-state index contributed by atoms with van der Waals surface area (Å²) in [6.45, 7) is 0. The van der Waals surface area contributed by atoms with Crippen LogP contribution in [0.25, 0.3) is 119 Å². The van der Waals surface area contributed by atoms with Crippen molar-refractivity contribution in [3.63, 3.8) is 0 Å². The number of para-hydroxylation sites is 2. The monoisotopic (exact) mass is 756 g/mol. The molecule has 0 fully saturated rings. The average Bonchev–Trinajstić information content (AvgIpc) is 4.02. The second kappa shape index (κ2) is 12.1. The number of nitrogens with zero attached hydrogens (tertiary/aromatic N) is 2. The fraction of sp³-hybridized carbons (Fsp3) is 0. The fourth-order valence-electron chi connectivity index (χ4n) is 9.42. The summed E-state index contributed by atoms with van der Waals surface area (Å²) < 4.78 is 14.0. The molecule has 0 atom stereocenters. The Morgan fingerprint density at radius 1 is 0.293 bits per heavy atom. The van der Waals surface area contributed by atoms with Crippen LogP contribution in [0.4, 0.5) is 0 Å². The van der Waals surface area contributed by atoms with Crippen LogP contribution in [0.1, 0.15) is 0 Å². The Morgan fingerprint density at radius 3 is 1.53 bits per heavy atom. The van der Waals surface area contributed by atoms with Crippen LogP contribution in [0, 0.1) is 0 Å². The minimum Gasteiger partial charge on any atom is -0.456 e. The van der Waals surface area contributed by atoms with E-state index in [4.69, 9.17) is 4.42 Å². The molecule has 13 rings (SSSR count). The molecule has 3 nitrogen and oxygen atoms in total. The molecule has 4 heteroatoms. The van der Waals surface area contributed by atoms with E-state index in [-0.39, 0.29) is 0 Å². The van der Waals surface area contributed by atoms with E-state index in [9.17, 15) is 0 Å². The Kier molecular flexibility index (Phi) is 6.60. The predicted octanol–water partition coefficient (Wildman–Crippen LogP) is 15.5. The molecule has 270 valence electrons. The zero-order valence-corrected chi connectivity index (χ0v) is 32.0. The highest BCUT2D eigenvalue weighted by Gasteiger charge is 2.18. The summed E-state index contributed by atoms with van der Waals surface area (Å²) >= 11 is 1.85. The number of furan rings is 1. The van der Waals surface area contributed by atoms with Gasteiger partial charge in [0.1, 0.15) is 11.2 Å². The summed E-state index contributed by atoms with van der Waals surface area (Å²) in [5.41, 5.74) is 13.7. The van der Waals surface area contributed by atoms with E-state index in [0.29, 0.717) is 0 Å². The Hall–Kier alpha value is -7.40. The number of rotatable bonds is 4. The Bertz CT molecular complexity index is 3790. The highest BCUT2D eigenvalue weighted by Crippen LogP contribution is 2.42. The van der Waals surface area contributed by atoms with Crippen molar-refractivity contribution < 1.29 is 4.42 Å². The molecule has 0 saturated heterocycles. The van der Waals surface area contributed by atoms with E-state index in [2.05, 4.69) is 203 Å². The SMILES string of the molecule is c1ccc(-c2ccc(-n3c4ccccc4c4cc(-c5ccc6c(c5)c5ccccc5n6-c5ccc6c(c5)oc5cc7c(cc56)sc5ccccc57)ccc43)cc2)cc1. The Labute approximate surface area is 336 Å². The third-order valence-corrected chi connectivity index (χ3v) is 13.3. The molecule has 58 heavy (non-hydrogen) atoms. The number of aromatic nitrogens is 2. The van der Waals surface area contributed by atoms with Crippen LogP contribution in [0.15, 0.2) is 199 Å². The molecular formula is C54H32N2OS. The van der Waals surface area contributed by atoms with Crippen molar-refractivity contribution in [1.29, 1.82) is 0 Å². The topological polar surface area (TPSA) is 23.0 Å². The molecule has 4 aromatic heterocycles. The molecule has 0 spiro atoms. The molecule has 0 amide bonds. The third-order valence-electron chi connectivity index (χ3n) is 12.1. The second-order valence-electron chi connectivity index (χ2n) is 15.3. The Morgan fingerprint density at radius 2 is 0.828 bits per heavy atom. The lowest BCUT2D eigenvalue weighted by Gasteiger charge is -2.10. The second-order valence-corrected chi connectivity index (χ2v) is 16.4. The van der Waals surface area contributed by atoms with Gasteiger partial charge < -0.3 is 13.6 Å². The average molecular weight is 757 g/mol. The van der Waals surface area contributed by atoms with Gasteiger partial charge in [0.05, 0.1) is 22.1 Å². The van der Waals surface area contributed by atoms with Gasteiger partial charge in [-0.2, -0.15) is 0 Å². The van der Waals surface area contributed by atoms with E-state index in [1.807, 2.05) is 11.3 Å². The van der Waals surface area contributed by atoms with E-state index >= 15 is 0 Å². The molecule has 0 aliphatic rings. The first kappa shape index (κ1) is 31.8. The van der Waals surface area contributed by atoms with Gasteiger partial charge in [-0.05, 0) is 101 Å². The number of hydrogen-bond acceptors (Lipinski definition) is 2. The maximum Gasteiger partial charge on any atom is 0.137 e. The molecule has 0 unspecified atom stereocenters. The summed E-state index contributed by atoms with van der Waals surface area (Å²) in [6.07, 6.45) is 0. The fourth-order valence-corrected chi connectivity index (χ4v) is 10.5. The summed E-state index contributed by atoms with van der Waals surface area (Å²) in [7, 11) is 0. The van der Waals surface area contributed by atoms with E-state index in [1.165, 1.54) is 86.0 Å². The van der Waals surface area contributed by atoms with Gasteiger partial charge in [-0.25, -0.2) is 0 Å². The van der Waals surface area contributed by atoms with Gasteiger partial charge >= 0.3 is 0 Å². The van der Waals surface area contributed by atoms with Crippen LogP contribution in [-0.4, -0.2) is 9.13 Å². The van der Waals surface area contributed by atoms with Crippen molar-refractivity contribution in [2.24, 2.45) is 0 Å². The van der Waals surface area contributed by atoms with Gasteiger partial charge in [0.2, 0.25) is 0 Å². The van der Waals surface area contributed by atoms with Crippen molar-refractivity contribution in [3.05, 3.63) is 194 Å². The number of thiophene rings is 1. The van der Waals surface area contributed by atoms with E-state index in [0.717, 1.165) is 33.3 Å². The van der Waals surface area contributed by atoms with Crippen LogP contribution in [0.3, 0.4) is 0 Å². The quantitative estimate of drug-likeness (QED) is 0.175.